The maximum absolute atomic E-state index is 8.88. The molecule has 0 saturated heterocycles. The first-order valence-electron chi connectivity index (χ1n) is 2.74. The first-order chi connectivity index (χ1) is 5.22. The van der Waals surface area contributed by atoms with Gasteiger partial charge in [0.1, 0.15) is 0 Å². The molecule has 0 spiro atoms. The number of nitrogens with one attached hydrogen (secondary N) is 2. The van der Waals surface area contributed by atoms with Crippen molar-refractivity contribution in [1.82, 2.24) is 5.43 Å². The lowest BCUT2D eigenvalue weighted by Crippen LogP contribution is -2.31. The molecule has 0 amide bonds. The van der Waals surface area contributed by atoms with Crippen molar-refractivity contribution >= 4 is 12.2 Å². The van der Waals surface area contributed by atoms with Crippen LogP contribution in [0, 0.1) is 5.41 Å². The molecule has 0 aromatic carbocycles. The van der Waals surface area contributed by atoms with Crippen LogP contribution in [0.5, 0.6) is 0 Å². The summed E-state index contributed by atoms with van der Waals surface area (Å²) in [6.45, 7) is 3.21. The van der Waals surface area contributed by atoms with Crippen LogP contribution in [-0.4, -0.2) is 23.6 Å². The third kappa shape index (κ3) is 3.93. The Morgan fingerprint density at radius 1 is 1.91 bits per heavy atom. The van der Waals surface area contributed by atoms with Gasteiger partial charge < -0.3 is 15.6 Å². The van der Waals surface area contributed by atoms with E-state index in [1.165, 1.54) is 0 Å². The zero-order valence-electron chi connectivity index (χ0n) is 5.82. The number of amidine groups is 1. The maximum atomic E-state index is 8.88. The van der Waals surface area contributed by atoms with E-state index in [1.807, 2.05) is 0 Å². The zero-order chi connectivity index (χ0) is 8.69. The topological polar surface area (TPSA) is 104 Å². The Kier molecular flexibility index (Phi) is 4.50. The van der Waals surface area contributed by atoms with E-state index in [-0.39, 0.29) is 5.84 Å². The molecular formula is C5H10N4O2. The van der Waals surface area contributed by atoms with Crippen molar-refractivity contribution in [3.8, 4) is 0 Å². The van der Waals surface area contributed by atoms with E-state index < -0.39 is 6.29 Å². The largest absolute Gasteiger partial charge is 0.466 e. The van der Waals surface area contributed by atoms with Crippen molar-refractivity contribution in [1.29, 1.82) is 5.41 Å². The molecule has 0 heterocycles. The van der Waals surface area contributed by atoms with Crippen molar-refractivity contribution in [2.75, 3.05) is 0 Å². The molecule has 0 fully saturated rings. The van der Waals surface area contributed by atoms with Crippen LogP contribution in [0.2, 0.25) is 0 Å². The second-order valence-corrected chi connectivity index (χ2v) is 1.47. The minimum absolute atomic E-state index is 0.173. The summed E-state index contributed by atoms with van der Waals surface area (Å²) in [5.41, 5.74) is 7.27. The Morgan fingerprint density at radius 2 is 2.55 bits per heavy atom. The van der Waals surface area contributed by atoms with Gasteiger partial charge in [-0.2, -0.15) is 5.10 Å². The van der Waals surface area contributed by atoms with E-state index in [0.29, 0.717) is 0 Å². The van der Waals surface area contributed by atoms with E-state index >= 15 is 0 Å². The maximum Gasteiger partial charge on any atom is 0.257 e. The molecule has 5 N–H and O–H groups in total. The van der Waals surface area contributed by atoms with Crippen molar-refractivity contribution < 1.29 is 9.84 Å². The second kappa shape index (κ2) is 5.24. The van der Waals surface area contributed by atoms with Gasteiger partial charge in [0.2, 0.25) is 0 Å². The molecule has 0 saturated carbocycles. The van der Waals surface area contributed by atoms with Crippen LogP contribution < -0.4 is 11.2 Å². The molecule has 0 unspecified atom stereocenters. The van der Waals surface area contributed by atoms with E-state index in [4.69, 9.17) is 16.2 Å². The minimum atomic E-state index is -1.32. The molecule has 0 bridgehead atoms. The number of hydrogen-bond donors (Lipinski definition) is 4. The van der Waals surface area contributed by atoms with Crippen molar-refractivity contribution in [3.05, 3.63) is 12.8 Å². The van der Waals surface area contributed by atoms with Crippen molar-refractivity contribution in [2.24, 2.45) is 10.8 Å². The molecule has 62 valence electrons. The van der Waals surface area contributed by atoms with Crippen LogP contribution in [0.25, 0.3) is 0 Å². The third-order valence-electron chi connectivity index (χ3n) is 0.736. The van der Waals surface area contributed by atoms with Gasteiger partial charge in [0, 0.05) is 0 Å². The zero-order valence-corrected chi connectivity index (χ0v) is 5.82. The van der Waals surface area contributed by atoms with Gasteiger partial charge >= 0.3 is 0 Å². The highest BCUT2D eigenvalue weighted by atomic mass is 16.6. The van der Waals surface area contributed by atoms with Crippen LogP contribution >= 0.6 is 0 Å². The lowest BCUT2D eigenvalue weighted by Gasteiger charge is -2.07. The van der Waals surface area contributed by atoms with Crippen LogP contribution in [0.1, 0.15) is 0 Å². The first-order valence-corrected chi connectivity index (χ1v) is 2.74. The first kappa shape index (κ1) is 9.44. The summed E-state index contributed by atoms with van der Waals surface area (Å²) in [6, 6.07) is 0. The van der Waals surface area contributed by atoms with Gasteiger partial charge in [-0.3, -0.25) is 10.8 Å². The number of hydrazone groups is 1. The quantitative estimate of drug-likeness (QED) is 0.134. The van der Waals surface area contributed by atoms with Crippen LogP contribution in [0.3, 0.4) is 0 Å². The number of ether oxygens (including phenoxy) is 1. The van der Waals surface area contributed by atoms with Gasteiger partial charge in [0.25, 0.3) is 6.29 Å². The second-order valence-electron chi connectivity index (χ2n) is 1.47. The average molecular weight is 158 g/mol. The highest BCUT2D eigenvalue weighted by Gasteiger charge is 2.06. The number of hydrogen-bond acceptors (Lipinski definition) is 4. The van der Waals surface area contributed by atoms with E-state index in [9.17, 15) is 0 Å². The molecule has 0 aliphatic heterocycles. The molecule has 0 aliphatic rings. The number of aliphatic hydroxyl groups excluding tert-OH is 1. The highest BCUT2D eigenvalue weighted by molar-refractivity contribution is 5.83. The van der Waals surface area contributed by atoms with E-state index in [1.54, 1.807) is 0 Å². The molecule has 0 aromatic heterocycles. The number of rotatable bonds is 5. The Bertz CT molecular complexity index is 168. The van der Waals surface area contributed by atoms with Crippen LogP contribution in [0.4, 0.5) is 0 Å². The predicted molar refractivity (Wildman–Crippen MR) is 40.8 cm³/mol. The highest BCUT2D eigenvalue weighted by Crippen LogP contribution is 1.85. The number of nitrogens with zero attached hydrogens (tertiary/aromatic N) is 1. The van der Waals surface area contributed by atoms with Gasteiger partial charge in [0.15, 0.2) is 5.84 Å². The summed E-state index contributed by atoms with van der Waals surface area (Å²) in [6.07, 6.45) is 0.533. The predicted octanol–water partition coefficient (Wildman–Crippen LogP) is -1.07. The molecule has 6 nitrogen and oxygen atoms in total. The van der Waals surface area contributed by atoms with Crippen molar-refractivity contribution in [2.45, 2.75) is 6.29 Å². The monoisotopic (exact) mass is 158 g/mol. The summed E-state index contributed by atoms with van der Waals surface area (Å²) < 4.78 is 4.45. The summed E-state index contributed by atoms with van der Waals surface area (Å²) in [5.74, 6) is -0.173. The van der Waals surface area contributed by atoms with Gasteiger partial charge in [0.05, 0.1) is 12.6 Å². The SMILES string of the molecule is C=CO[C@H](O)/C(N)=N/NC=N. The third-order valence-corrected chi connectivity index (χ3v) is 0.736. The number of nitrogens with two attached hydrogens (primary N) is 1. The summed E-state index contributed by atoms with van der Waals surface area (Å²) in [7, 11) is 0. The van der Waals surface area contributed by atoms with Gasteiger partial charge in [-0.15, -0.1) is 0 Å². The molecule has 11 heavy (non-hydrogen) atoms. The van der Waals surface area contributed by atoms with E-state index in [2.05, 4.69) is 21.8 Å². The Balaban J connectivity index is 3.87. The molecule has 0 radical (unpaired) electrons. The lowest BCUT2D eigenvalue weighted by molar-refractivity contribution is 0.00466. The van der Waals surface area contributed by atoms with E-state index in [0.717, 1.165) is 12.6 Å². The van der Waals surface area contributed by atoms with Crippen molar-refractivity contribution in [3.63, 3.8) is 0 Å². The summed E-state index contributed by atoms with van der Waals surface area (Å²) in [5, 5.41) is 18.7. The molecule has 1 atom stereocenters. The fourth-order valence-electron chi connectivity index (χ4n) is 0.323. The fourth-order valence-corrected chi connectivity index (χ4v) is 0.323. The molecule has 0 aliphatic carbocycles. The fraction of sp³-hybridized carbons (Fsp3) is 0.200. The lowest BCUT2D eigenvalue weighted by atomic mass is 10.6. The Hall–Kier alpha value is -1.56. The smallest absolute Gasteiger partial charge is 0.257 e. The Morgan fingerprint density at radius 3 is 3.00 bits per heavy atom. The molecule has 6 heteroatoms. The van der Waals surface area contributed by atoms with Crippen LogP contribution in [-0.2, 0) is 4.74 Å². The molecule has 0 rings (SSSR count). The van der Waals surface area contributed by atoms with Gasteiger partial charge in [-0.05, 0) is 0 Å². The minimum Gasteiger partial charge on any atom is -0.466 e. The molecule has 0 aromatic rings. The summed E-state index contributed by atoms with van der Waals surface area (Å²) >= 11 is 0. The Labute approximate surface area is 63.9 Å². The normalized spacial score (nSPS) is 13.4. The number of aliphatic hydroxyl groups is 1. The summed E-state index contributed by atoms with van der Waals surface area (Å²) in [4.78, 5) is 0. The standard InChI is InChI=1S/C5H10N4O2/c1-2-11-5(10)4(7)9-8-3-6/h2-3,5,10H,1H2,(H2,6,8)(H2,7,9)/t5-/m0/s1. The molecular weight excluding hydrogens is 148 g/mol. The van der Waals surface area contributed by atoms with Gasteiger partial charge in [-0.1, -0.05) is 6.58 Å². The van der Waals surface area contributed by atoms with Gasteiger partial charge in [-0.25, -0.2) is 0 Å². The average Bonchev–Trinajstić information content (AvgIpc) is 2.00. The van der Waals surface area contributed by atoms with Crippen LogP contribution in [0.15, 0.2) is 17.9 Å².